The second-order valence-corrected chi connectivity index (χ2v) is 6.19. The van der Waals surface area contributed by atoms with Crippen LogP contribution >= 0.6 is 0 Å². The number of esters is 1. The molecule has 0 spiro atoms. The van der Waals surface area contributed by atoms with Gasteiger partial charge >= 0.3 is 5.97 Å². The fraction of sp³-hybridized carbons (Fsp3) is 0.471. The molecule has 2 heterocycles. The van der Waals surface area contributed by atoms with Gasteiger partial charge in [-0.1, -0.05) is 12.5 Å². The lowest BCUT2D eigenvalue weighted by Gasteiger charge is -2.42. The van der Waals surface area contributed by atoms with Gasteiger partial charge in [0.25, 0.3) is 5.69 Å². The van der Waals surface area contributed by atoms with E-state index >= 15 is 0 Å². The summed E-state index contributed by atoms with van der Waals surface area (Å²) < 4.78 is 4.65. The van der Waals surface area contributed by atoms with Crippen molar-refractivity contribution in [2.24, 2.45) is 0 Å². The van der Waals surface area contributed by atoms with E-state index in [2.05, 4.69) is 22.8 Å². The maximum Gasteiger partial charge on any atom is 0.338 e. The fourth-order valence-corrected chi connectivity index (χ4v) is 3.64. The van der Waals surface area contributed by atoms with Gasteiger partial charge in [-0.3, -0.25) is 15.0 Å². The summed E-state index contributed by atoms with van der Waals surface area (Å²) in [5, 5.41) is 11.5. The maximum absolute atomic E-state index is 11.6. The first-order chi connectivity index (χ1) is 11.0. The summed E-state index contributed by atoms with van der Waals surface area (Å²) in [6.07, 6.45) is 6.37. The van der Waals surface area contributed by atoms with Crippen LogP contribution in [0.3, 0.4) is 0 Å². The third-order valence-electron chi connectivity index (χ3n) is 4.95. The Morgan fingerprint density at radius 1 is 1.39 bits per heavy atom. The molecule has 2 aliphatic rings. The van der Waals surface area contributed by atoms with Crippen LogP contribution in [0.15, 0.2) is 24.3 Å². The van der Waals surface area contributed by atoms with Crippen molar-refractivity contribution in [2.45, 2.75) is 37.8 Å². The SMILES string of the molecule is COC(=O)c1ccc(C2=CC3CCCC(C2)N3C)c([N+](=O)[O-])c1. The molecule has 0 saturated carbocycles. The van der Waals surface area contributed by atoms with Crippen LogP contribution in [0.25, 0.3) is 5.57 Å². The second kappa shape index (κ2) is 6.12. The minimum Gasteiger partial charge on any atom is -0.465 e. The van der Waals surface area contributed by atoms with Crippen LogP contribution in [0.1, 0.15) is 41.6 Å². The van der Waals surface area contributed by atoms with Crippen LogP contribution < -0.4 is 0 Å². The molecule has 0 radical (unpaired) electrons. The van der Waals surface area contributed by atoms with Crippen molar-refractivity contribution in [1.82, 2.24) is 4.90 Å². The van der Waals surface area contributed by atoms with Gasteiger partial charge in [-0.25, -0.2) is 4.79 Å². The molecular weight excluding hydrogens is 296 g/mol. The molecule has 1 saturated heterocycles. The molecule has 0 aromatic heterocycles. The first kappa shape index (κ1) is 15.7. The second-order valence-electron chi connectivity index (χ2n) is 6.19. The Hall–Kier alpha value is -2.21. The van der Waals surface area contributed by atoms with Crippen LogP contribution in [0.5, 0.6) is 0 Å². The molecule has 0 amide bonds. The Kier molecular flexibility index (Phi) is 4.17. The van der Waals surface area contributed by atoms with E-state index in [0.717, 1.165) is 24.8 Å². The standard InChI is InChI=1S/C17H20N2O4/c1-18-13-4-3-5-14(18)9-12(8-13)15-7-6-11(17(20)23-2)10-16(15)19(21)22/h6-8,10,13-14H,3-5,9H2,1-2H3. The molecule has 1 aromatic rings. The van der Waals surface area contributed by atoms with E-state index in [-0.39, 0.29) is 11.3 Å². The number of rotatable bonds is 3. The van der Waals surface area contributed by atoms with Crippen molar-refractivity contribution >= 4 is 17.2 Å². The number of hydrogen-bond donors (Lipinski definition) is 0. The number of likely N-dealkylation sites (N-methyl/N-ethyl adjacent to an activating group) is 1. The Labute approximate surface area is 134 Å². The topological polar surface area (TPSA) is 72.7 Å². The predicted molar refractivity (Wildman–Crippen MR) is 86.2 cm³/mol. The van der Waals surface area contributed by atoms with E-state index in [1.54, 1.807) is 12.1 Å². The van der Waals surface area contributed by atoms with Crippen molar-refractivity contribution < 1.29 is 14.5 Å². The molecule has 2 bridgehead atoms. The van der Waals surface area contributed by atoms with Crippen LogP contribution in [0.4, 0.5) is 5.69 Å². The van der Waals surface area contributed by atoms with E-state index in [1.807, 2.05) is 0 Å². The van der Waals surface area contributed by atoms with E-state index in [9.17, 15) is 14.9 Å². The average molecular weight is 316 g/mol. The highest BCUT2D eigenvalue weighted by Gasteiger charge is 2.33. The summed E-state index contributed by atoms with van der Waals surface area (Å²) in [5.74, 6) is -0.561. The normalized spacial score (nSPS) is 24.0. The van der Waals surface area contributed by atoms with E-state index in [1.165, 1.54) is 19.6 Å². The molecule has 1 fully saturated rings. The van der Waals surface area contributed by atoms with Gasteiger partial charge in [0, 0.05) is 18.2 Å². The zero-order chi connectivity index (χ0) is 16.6. The number of benzene rings is 1. The number of nitro benzene ring substituents is 1. The van der Waals surface area contributed by atoms with E-state index in [4.69, 9.17) is 0 Å². The highest BCUT2D eigenvalue weighted by molar-refractivity contribution is 5.91. The quantitative estimate of drug-likeness (QED) is 0.487. The summed E-state index contributed by atoms with van der Waals surface area (Å²) in [6, 6.07) is 5.38. The van der Waals surface area contributed by atoms with Gasteiger partial charge in [-0.15, -0.1) is 0 Å². The molecule has 2 atom stereocenters. The summed E-state index contributed by atoms with van der Waals surface area (Å²) >= 11 is 0. The summed E-state index contributed by atoms with van der Waals surface area (Å²) in [5.41, 5.74) is 1.81. The smallest absolute Gasteiger partial charge is 0.338 e. The van der Waals surface area contributed by atoms with Crippen LogP contribution in [-0.2, 0) is 4.74 Å². The molecule has 6 nitrogen and oxygen atoms in total. The first-order valence-electron chi connectivity index (χ1n) is 7.81. The first-order valence-corrected chi connectivity index (χ1v) is 7.81. The minimum absolute atomic E-state index is 0.0261. The fourth-order valence-electron chi connectivity index (χ4n) is 3.64. The number of nitrogens with zero attached hydrogens (tertiary/aromatic N) is 2. The van der Waals surface area contributed by atoms with Gasteiger partial charge in [0.15, 0.2) is 0 Å². The Morgan fingerprint density at radius 3 is 2.83 bits per heavy atom. The van der Waals surface area contributed by atoms with Crippen molar-refractivity contribution in [1.29, 1.82) is 0 Å². The Bertz CT molecular complexity index is 683. The Morgan fingerprint density at radius 2 is 2.17 bits per heavy atom. The highest BCUT2D eigenvalue weighted by atomic mass is 16.6. The lowest BCUT2D eigenvalue weighted by Crippen LogP contribution is -2.45. The van der Waals surface area contributed by atoms with Gasteiger partial charge in [-0.05, 0) is 44.0 Å². The van der Waals surface area contributed by atoms with Gasteiger partial charge in [0.2, 0.25) is 0 Å². The van der Waals surface area contributed by atoms with E-state index < -0.39 is 10.9 Å². The van der Waals surface area contributed by atoms with Gasteiger partial charge < -0.3 is 4.74 Å². The monoisotopic (exact) mass is 316 g/mol. The largest absolute Gasteiger partial charge is 0.465 e. The maximum atomic E-state index is 11.6. The molecule has 0 aliphatic carbocycles. The van der Waals surface area contributed by atoms with Crippen LogP contribution in [0.2, 0.25) is 0 Å². The molecule has 2 aliphatic heterocycles. The number of methoxy groups -OCH3 is 1. The van der Waals surface area contributed by atoms with Crippen molar-refractivity contribution in [2.75, 3.05) is 14.2 Å². The number of fused-ring (bicyclic) bond motifs is 2. The number of carbonyl (C=O) groups excluding carboxylic acids is 1. The molecule has 3 rings (SSSR count). The number of ether oxygens (including phenoxy) is 1. The zero-order valence-electron chi connectivity index (χ0n) is 13.3. The van der Waals surface area contributed by atoms with Gasteiger partial charge in [-0.2, -0.15) is 0 Å². The van der Waals surface area contributed by atoms with Gasteiger partial charge in [0.1, 0.15) is 0 Å². The summed E-state index contributed by atoms with van der Waals surface area (Å²) in [6.45, 7) is 0. The predicted octanol–water partition coefficient (Wildman–Crippen LogP) is 3.02. The molecule has 23 heavy (non-hydrogen) atoms. The molecular formula is C17H20N2O4. The van der Waals surface area contributed by atoms with Gasteiger partial charge in [0.05, 0.1) is 23.2 Å². The zero-order valence-corrected chi connectivity index (χ0v) is 13.3. The number of carbonyl (C=O) groups is 1. The number of nitro groups is 1. The molecule has 122 valence electrons. The summed E-state index contributed by atoms with van der Waals surface area (Å²) in [4.78, 5) is 25.0. The van der Waals surface area contributed by atoms with Crippen molar-refractivity contribution in [3.8, 4) is 0 Å². The van der Waals surface area contributed by atoms with Crippen molar-refractivity contribution in [3.63, 3.8) is 0 Å². The summed E-state index contributed by atoms with van der Waals surface area (Å²) in [7, 11) is 3.39. The lowest BCUT2D eigenvalue weighted by molar-refractivity contribution is -0.385. The number of piperidine rings is 1. The Balaban J connectivity index is 2.02. The number of hydrogen-bond acceptors (Lipinski definition) is 5. The molecule has 0 N–H and O–H groups in total. The van der Waals surface area contributed by atoms with Crippen LogP contribution in [-0.4, -0.2) is 42.0 Å². The molecule has 6 heteroatoms. The van der Waals surface area contributed by atoms with E-state index in [0.29, 0.717) is 17.6 Å². The highest BCUT2D eigenvalue weighted by Crippen LogP contribution is 2.39. The van der Waals surface area contributed by atoms with Crippen molar-refractivity contribution in [3.05, 3.63) is 45.5 Å². The molecule has 2 unspecified atom stereocenters. The third kappa shape index (κ3) is 2.86. The average Bonchev–Trinajstić information content (AvgIpc) is 2.53. The van der Waals surface area contributed by atoms with Crippen LogP contribution in [0, 0.1) is 10.1 Å². The third-order valence-corrected chi connectivity index (χ3v) is 4.95. The minimum atomic E-state index is -0.561. The molecule has 1 aromatic carbocycles. The lowest BCUT2D eigenvalue weighted by atomic mass is 9.83.